The number of pyridine rings is 1. The molecule has 0 unspecified atom stereocenters. The maximum Gasteiger partial charge on any atom is 0.253 e. The zero-order chi connectivity index (χ0) is 18.2. The molecular formula is C21H26N4O. The van der Waals surface area contributed by atoms with Crippen LogP contribution in [0.15, 0.2) is 48.8 Å². The van der Waals surface area contributed by atoms with Gasteiger partial charge < -0.3 is 9.88 Å². The summed E-state index contributed by atoms with van der Waals surface area (Å²) in [5, 5.41) is 2.97. The lowest BCUT2D eigenvalue weighted by Crippen LogP contribution is -2.24. The van der Waals surface area contributed by atoms with Crippen LogP contribution in [0.5, 0.6) is 0 Å². The third-order valence-corrected chi connectivity index (χ3v) is 4.55. The van der Waals surface area contributed by atoms with Crippen molar-refractivity contribution in [3.63, 3.8) is 0 Å². The van der Waals surface area contributed by atoms with Gasteiger partial charge in [0.25, 0.3) is 5.91 Å². The topological polar surface area (TPSA) is 59.8 Å². The number of hydrogen-bond donors (Lipinski definition) is 1. The fraction of sp³-hybridized carbons (Fsp3) is 0.381. The number of nitrogens with zero attached hydrogens (tertiary/aromatic N) is 3. The summed E-state index contributed by atoms with van der Waals surface area (Å²) >= 11 is 0. The number of rotatable bonds is 9. The Labute approximate surface area is 154 Å². The van der Waals surface area contributed by atoms with Gasteiger partial charge in [0.05, 0.1) is 23.1 Å². The second-order valence-electron chi connectivity index (χ2n) is 6.51. The lowest BCUT2D eigenvalue weighted by Gasteiger charge is -2.10. The number of benzene rings is 1. The van der Waals surface area contributed by atoms with E-state index >= 15 is 0 Å². The minimum atomic E-state index is -0.125. The molecule has 3 aromatic rings. The van der Waals surface area contributed by atoms with Crippen molar-refractivity contribution in [1.82, 2.24) is 19.9 Å². The van der Waals surface area contributed by atoms with Crippen molar-refractivity contribution in [3.05, 3.63) is 60.2 Å². The van der Waals surface area contributed by atoms with Crippen LogP contribution in [0, 0.1) is 0 Å². The zero-order valence-corrected chi connectivity index (χ0v) is 15.3. The Balaban J connectivity index is 1.70. The van der Waals surface area contributed by atoms with Crippen LogP contribution in [0.25, 0.3) is 11.0 Å². The molecule has 5 heteroatoms. The van der Waals surface area contributed by atoms with E-state index in [0.29, 0.717) is 12.1 Å². The van der Waals surface area contributed by atoms with E-state index in [4.69, 9.17) is 4.98 Å². The highest BCUT2D eigenvalue weighted by Crippen LogP contribution is 2.17. The molecule has 0 saturated carbocycles. The van der Waals surface area contributed by atoms with E-state index in [2.05, 4.69) is 27.9 Å². The van der Waals surface area contributed by atoms with Gasteiger partial charge in [-0.1, -0.05) is 44.7 Å². The van der Waals surface area contributed by atoms with Crippen molar-refractivity contribution in [2.45, 2.75) is 52.1 Å². The smallest absolute Gasteiger partial charge is 0.253 e. The highest BCUT2D eigenvalue weighted by Gasteiger charge is 2.12. The summed E-state index contributed by atoms with van der Waals surface area (Å²) in [5.74, 6) is 0.776. The molecule has 3 rings (SSSR count). The van der Waals surface area contributed by atoms with Crippen molar-refractivity contribution in [2.24, 2.45) is 0 Å². The standard InChI is InChI=1S/C21H26N4O/c1-2-3-4-5-8-14-25-19-12-7-6-11-18(19)24-20(25)16-23-21(26)17-10-9-13-22-15-17/h6-7,9-13,15H,2-5,8,14,16H2,1H3,(H,23,26). The molecule has 0 saturated heterocycles. The van der Waals surface area contributed by atoms with Crippen LogP contribution in [0.1, 0.15) is 55.2 Å². The Hall–Kier alpha value is -2.69. The fourth-order valence-electron chi connectivity index (χ4n) is 3.14. The predicted octanol–water partition coefficient (Wildman–Crippen LogP) is 4.33. The minimum Gasteiger partial charge on any atom is -0.345 e. The van der Waals surface area contributed by atoms with Gasteiger partial charge in [-0.05, 0) is 30.7 Å². The Morgan fingerprint density at radius 3 is 2.73 bits per heavy atom. The lowest BCUT2D eigenvalue weighted by atomic mass is 10.1. The quantitative estimate of drug-likeness (QED) is 0.584. The van der Waals surface area contributed by atoms with Gasteiger partial charge in [-0.2, -0.15) is 0 Å². The van der Waals surface area contributed by atoms with Crippen molar-refractivity contribution < 1.29 is 4.79 Å². The number of nitrogens with one attached hydrogen (secondary N) is 1. The molecule has 2 aromatic heterocycles. The van der Waals surface area contributed by atoms with Crippen LogP contribution >= 0.6 is 0 Å². The molecule has 0 atom stereocenters. The number of carbonyl (C=O) groups excluding carboxylic acids is 1. The van der Waals surface area contributed by atoms with Crippen LogP contribution in [-0.4, -0.2) is 20.4 Å². The average molecular weight is 350 g/mol. The fourth-order valence-corrected chi connectivity index (χ4v) is 3.14. The van der Waals surface area contributed by atoms with Gasteiger partial charge in [-0.25, -0.2) is 4.98 Å². The normalized spacial score (nSPS) is 11.0. The average Bonchev–Trinajstić information content (AvgIpc) is 3.04. The Morgan fingerprint density at radius 2 is 1.92 bits per heavy atom. The summed E-state index contributed by atoms with van der Waals surface area (Å²) in [4.78, 5) is 21.0. The van der Waals surface area contributed by atoms with Crippen LogP contribution in [-0.2, 0) is 13.1 Å². The molecule has 0 spiro atoms. The SMILES string of the molecule is CCCCCCCn1c(CNC(=O)c2cccnc2)nc2ccccc21. The maximum atomic E-state index is 12.3. The van der Waals surface area contributed by atoms with E-state index in [0.717, 1.165) is 29.8 Å². The second-order valence-corrected chi connectivity index (χ2v) is 6.51. The van der Waals surface area contributed by atoms with Gasteiger partial charge in [-0.15, -0.1) is 0 Å². The van der Waals surface area contributed by atoms with Gasteiger partial charge in [0, 0.05) is 18.9 Å². The number of aromatic nitrogens is 3. The molecular weight excluding hydrogens is 324 g/mol. The molecule has 136 valence electrons. The first kappa shape index (κ1) is 18.1. The lowest BCUT2D eigenvalue weighted by molar-refractivity contribution is 0.0949. The summed E-state index contributed by atoms with van der Waals surface area (Å²) in [6, 6.07) is 11.7. The van der Waals surface area contributed by atoms with Crippen LogP contribution in [0.4, 0.5) is 0 Å². The first-order valence-electron chi connectivity index (χ1n) is 9.42. The Kier molecular flexibility index (Phi) is 6.36. The third kappa shape index (κ3) is 4.48. The van der Waals surface area contributed by atoms with Crippen molar-refractivity contribution in [1.29, 1.82) is 0 Å². The summed E-state index contributed by atoms with van der Waals surface area (Å²) in [6.07, 6.45) is 9.40. The van der Waals surface area contributed by atoms with E-state index < -0.39 is 0 Å². The minimum absolute atomic E-state index is 0.125. The second kappa shape index (κ2) is 9.13. The van der Waals surface area contributed by atoms with Crippen LogP contribution < -0.4 is 5.32 Å². The van der Waals surface area contributed by atoms with E-state index in [1.54, 1.807) is 24.5 Å². The monoisotopic (exact) mass is 350 g/mol. The number of unbranched alkanes of at least 4 members (excludes halogenated alkanes) is 4. The van der Waals surface area contributed by atoms with Crippen molar-refractivity contribution in [2.75, 3.05) is 0 Å². The Morgan fingerprint density at radius 1 is 1.08 bits per heavy atom. The molecule has 1 N–H and O–H groups in total. The number of aryl methyl sites for hydroxylation is 1. The number of carbonyl (C=O) groups is 1. The van der Waals surface area contributed by atoms with Crippen molar-refractivity contribution >= 4 is 16.9 Å². The van der Waals surface area contributed by atoms with Gasteiger partial charge in [-0.3, -0.25) is 9.78 Å². The van der Waals surface area contributed by atoms with Gasteiger partial charge in [0.2, 0.25) is 0 Å². The number of fused-ring (bicyclic) bond motifs is 1. The number of para-hydroxylation sites is 2. The van der Waals surface area contributed by atoms with Gasteiger partial charge in [0.15, 0.2) is 0 Å². The maximum absolute atomic E-state index is 12.3. The van der Waals surface area contributed by atoms with Gasteiger partial charge in [0.1, 0.15) is 5.82 Å². The highest BCUT2D eigenvalue weighted by molar-refractivity contribution is 5.93. The summed E-state index contributed by atoms with van der Waals surface area (Å²) in [6.45, 7) is 3.58. The number of amides is 1. The molecule has 0 aliphatic carbocycles. The first-order chi connectivity index (χ1) is 12.8. The van der Waals surface area contributed by atoms with Crippen LogP contribution in [0.3, 0.4) is 0 Å². The first-order valence-corrected chi connectivity index (χ1v) is 9.42. The molecule has 1 amide bonds. The predicted molar refractivity (Wildman–Crippen MR) is 104 cm³/mol. The van der Waals surface area contributed by atoms with Crippen molar-refractivity contribution in [3.8, 4) is 0 Å². The van der Waals surface area contributed by atoms with Crippen LogP contribution in [0.2, 0.25) is 0 Å². The van der Waals surface area contributed by atoms with E-state index in [1.165, 1.54) is 25.7 Å². The summed E-state index contributed by atoms with van der Waals surface area (Å²) in [5.41, 5.74) is 2.68. The molecule has 26 heavy (non-hydrogen) atoms. The highest BCUT2D eigenvalue weighted by atomic mass is 16.1. The molecule has 0 aliphatic rings. The molecule has 1 aromatic carbocycles. The molecule has 0 aliphatic heterocycles. The molecule has 0 fully saturated rings. The largest absolute Gasteiger partial charge is 0.345 e. The number of imidazole rings is 1. The number of hydrogen-bond acceptors (Lipinski definition) is 3. The molecule has 5 nitrogen and oxygen atoms in total. The van der Waals surface area contributed by atoms with E-state index in [9.17, 15) is 4.79 Å². The van der Waals surface area contributed by atoms with Gasteiger partial charge >= 0.3 is 0 Å². The molecule has 0 radical (unpaired) electrons. The van der Waals surface area contributed by atoms with E-state index in [-0.39, 0.29) is 5.91 Å². The summed E-state index contributed by atoms with van der Waals surface area (Å²) < 4.78 is 2.24. The summed E-state index contributed by atoms with van der Waals surface area (Å²) in [7, 11) is 0. The molecule has 0 bridgehead atoms. The van der Waals surface area contributed by atoms with E-state index in [1.807, 2.05) is 18.2 Å². The zero-order valence-electron chi connectivity index (χ0n) is 15.3. The molecule has 2 heterocycles. The Bertz CT molecular complexity index is 842. The third-order valence-electron chi connectivity index (χ3n) is 4.55.